The van der Waals surface area contributed by atoms with Gasteiger partial charge in [0.25, 0.3) is 5.91 Å². The first-order valence-electron chi connectivity index (χ1n) is 6.37. The van der Waals surface area contributed by atoms with Crippen molar-refractivity contribution < 1.29 is 9.53 Å². The van der Waals surface area contributed by atoms with Crippen molar-refractivity contribution in [3.63, 3.8) is 0 Å². The van der Waals surface area contributed by atoms with Gasteiger partial charge >= 0.3 is 0 Å². The molecule has 1 N–H and O–H groups in total. The molecular formula is C16H15N3O2. The third kappa shape index (κ3) is 4.58. The highest BCUT2D eigenvalue weighted by Crippen LogP contribution is 2.11. The summed E-state index contributed by atoms with van der Waals surface area (Å²) >= 11 is 0. The van der Waals surface area contributed by atoms with E-state index in [-0.39, 0.29) is 5.91 Å². The minimum atomic E-state index is -0.307. The second kappa shape index (κ2) is 7.59. The highest BCUT2D eigenvalue weighted by molar-refractivity contribution is 5.94. The highest BCUT2D eigenvalue weighted by Gasteiger charge is 2.02. The van der Waals surface area contributed by atoms with Gasteiger partial charge < -0.3 is 4.74 Å². The molecule has 21 heavy (non-hydrogen) atoms. The lowest BCUT2D eigenvalue weighted by molar-refractivity contribution is 0.0955. The maximum absolute atomic E-state index is 11.7. The summed E-state index contributed by atoms with van der Waals surface area (Å²) in [6, 6.07) is 10.7. The van der Waals surface area contributed by atoms with Crippen molar-refractivity contribution in [1.29, 1.82) is 0 Å². The van der Waals surface area contributed by atoms with Crippen LogP contribution in [0.4, 0.5) is 0 Å². The third-order valence-corrected chi connectivity index (χ3v) is 2.53. The Hall–Kier alpha value is -2.95. The van der Waals surface area contributed by atoms with Crippen LogP contribution in [-0.2, 0) is 0 Å². The average Bonchev–Trinajstić information content (AvgIpc) is 2.54. The van der Waals surface area contributed by atoms with Gasteiger partial charge in [0.2, 0.25) is 0 Å². The van der Waals surface area contributed by atoms with Gasteiger partial charge in [0, 0.05) is 12.4 Å². The smallest absolute Gasteiger partial charge is 0.272 e. The van der Waals surface area contributed by atoms with Gasteiger partial charge in [-0.25, -0.2) is 5.43 Å². The molecule has 1 aromatic carbocycles. The summed E-state index contributed by atoms with van der Waals surface area (Å²) < 4.78 is 5.42. The largest absolute Gasteiger partial charge is 0.490 e. The van der Waals surface area contributed by atoms with Crippen LogP contribution in [-0.4, -0.2) is 23.7 Å². The van der Waals surface area contributed by atoms with Gasteiger partial charge in [0.15, 0.2) is 0 Å². The molecular weight excluding hydrogens is 266 g/mol. The Morgan fingerprint density at radius 3 is 3.05 bits per heavy atom. The molecule has 0 radical (unpaired) electrons. The van der Waals surface area contributed by atoms with E-state index in [0.29, 0.717) is 12.2 Å². The fourth-order valence-electron chi connectivity index (χ4n) is 1.57. The van der Waals surface area contributed by atoms with Crippen molar-refractivity contribution in [1.82, 2.24) is 10.4 Å². The Morgan fingerprint density at radius 2 is 2.29 bits per heavy atom. The molecule has 0 saturated carbocycles. The van der Waals surface area contributed by atoms with Crippen LogP contribution in [0.5, 0.6) is 5.75 Å². The average molecular weight is 281 g/mol. The van der Waals surface area contributed by atoms with Gasteiger partial charge in [-0.1, -0.05) is 24.8 Å². The van der Waals surface area contributed by atoms with E-state index in [4.69, 9.17) is 4.74 Å². The molecule has 0 fully saturated rings. The summed E-state index contributed by atoms with van der Waals surface area (Å²) in [6.07, 6.45) is 6.31. The van der Waals surface area contributed by atoms with E-state index in [2.05, 4.69) is 22.1 Å². The van der Waals surface area contributed by atoms with Gasteiger partial charge in [-0.05, 0) is 29.8 Å². The number of nitrogens with one attached hydrogen (secondary N) is 1. The number of ether oxygens (including phenoxy) is 1. The van der Waals surface area contributed by atoms with Crippen molar-refractivity contribution in [2.75, 3.05) is 6.61 Å². The van der Waals surface area contributed by atoms with Gasteiger partial charge in [-0.2, -0.15) is 5.10 Å². The first-order chi connectivity index (χ1) is 10.3. The van der Waals surface area contributed by atoms with Crippen LogP contribution in [0, 0.1) is 0 Å². The second-order valence-corrected chi connectivity index (χ2v) is 4.11. The first-order valence-corrected chi connectivity index (χ1v) is 6.37. The van der Waals surface area contributed by atoms with Crippen LogP contribution >= 0.6 is 0 Å². The predicted octanol–water partition coefficient (Wildman–Crippen LogP) is 2.41. The second-order valence-electron chi connectivity index (χ2n) is 4.11. The summed E-state index contributed by atoms with van der Waals surface area (Å²) in [7, 11) is 0. The SMILES string of the molecule is C=CCOc1cccc(/C=N/NC(=O)c2cccnc2)c1. The summed E-state index contributed by atoms with van der Waals surface area (Å²) in [6.45, 7) is 4.03. The number of amides is 1. The van der Waals surface area contributed by atoms with Crippen LogP contribution in [0.15, 0.2) is 66.5 Å². The van der Waals surface area contributed by atoms with Gasteiger partial charge in [-0.15, -0.1) is 0 Å². The molecule has 0 spiro atoms. The highest BCUT2D eigenvalue weighted by atomic mass is 16.5. The Balaban J connectivity index is 1.95. The number of carbonyl (C=O) groups excluding carboxylic acids is 1. The summed E-state index contributed by atoms with van der Waals surface area (Å²) in [5.41, 5.74) is 3.72. The van der Waals surface area contributed by atoms with Gasteiger partial charge in [0.05, 0.1) is 11.8 Å². The Labute approximate surface area is 123 Å². The minimum Gasteiger partial charge on any atom is -0.490 e. The molecule has 2 aromatic rings. The van der Waals surface area contributed by atoms with Crippen LogP contribution in [0.1, 0.15) is 15.9 Å². The molecule has 0 atom stereocenters. The summed E-state index contributed by atoms with van der Waals surface area (Å²) in [5, 5.41) is 3.91. The molecule has 0 aliphatic heterocycles. The molecule has 106 valence electrons. The number of pyridine rings is 1. The zero-order valence-corrected chi connectivity index (χ0v) is 11.4. The van der Waals surface area contributed by atoms with E-state index >= 15 is 0 Å². The van der Waals surface area contributed by atoms with Crippen molar-refractivity contribution in [3.8, 4) is 5.75 Å². The van der Waals surface area contributed by atoms with Crippen LogP contribution in [0.3, 0.4) is 0 Å². The lowest BCUT2D eigenvalue weighted by Crippen LogP contribution is -2.17. The molecule has 1 aromatic heterocycles. The Bertz CT molecular complexity index is 639. The van der Waals surface area contributed by atoms with Crippen LogP contribution in [0.25, 0.3) is 0 Å². The monoisotopic (exact) mass is 281 g/mol. The van der Waals surface area contributed by atoms with E-state index in [1.165, 1.54) is 6.20 Å². The standard InChI is InChI=1S/C16H15N3O2/c1-2-9-21-15-7-3-5-13(10-15)11-18-19-16(20)14-6-4-8-17-12-14/h2-8,10-12H,1,9H2,(H,19,20)/b18-11+. The fourth-order valence-corrected chi connectivity index (χ4v) is 1.57. The quantitative estimate of drug-likeness (QED) is 0.502. The van der Waals surface area contributed by atoms with Crippen LogP contribution < -0.4 is 10.2 Å². The molecule has 2 rings (SSSR count). The van der Waals surface area contributed by atoms with Crippen LogP contribution in [0.2, 0.25) is 0 Å². The Kier molecular flexibility index (Phi) is 5.23. The number of benzene rings is 1. The lowest BCUT2D eigenvalue weighted by Gasteiger charge is -2.03. The molecule has 5 nitrogen and oxygen atoms in total. The molecule has 0 aliphatic rings. The number of hydrazone groups is 1. The van der Waals surface area contributed by atoms with E-state index < -0.39 is 0 Å². The van der Waals surface area contributed by atoms with Gasteiger partial charge in [-0.3, -0.25) is 9.78 Å². The minimum absolute atomic E-state index is 0.307. The molecule has 0 unspecified atom stereocenters. The maximum Gasteiger partial charge on any atom is 0.272 e. The predicted molar refractivity (Wildman–Crippen MR) is 81.4 cm³/mol. The molecule has 1 heterocycles. The number of nitrogens with zero attached hydrogens (tertiary/aromatic N) is 2. The maximum atomic E-state index is 11.7. The van der Waals surface area contributed by atoms with Crippen molar-refractivity contribution in [3.05, 3.63) is 72.6 Å². The van der Waals surface area contributed by atoms with Crippen molar-refractivity contribution in [2.45, 2.75) is 0 Å². The van der Waals surface area contributed by atoms with E-state index in [0.717, 1.165) is 11.3 Å². The molecule has 0 bridgehead atoms. The zero-order valence-electron chi connectivity index (χ0n) is 11.4. The number of rotatable bonds is 6. The van der Waals surface area contributed by atoms with Gasteiger partial charge in [0.1, 0.15) is 12.4 Å². The molecule has 0 saturated heterocycles. The number of carbonyl (C=O) groups is 1. The summed E-state index contributed by atoms with van der Waals surface area (Å²) in [5.74, 6) is 0.413. The van der Waals surface area contributed by atoms with Crippen molar-refractivity contribution in [2.24, 2.45) is 5.10 Å². The zero-order chi connectivity index (χ0) is 14.9. The fraction of sp³-hybridized carbons (Fsp3) is 0.0625. The van der Waals surface area contributed by atoms with E-state index in [1.54, 1.807) is 30.6 Å². The Morgan fingerprint density at radius 1 is 1.38 bits per heavy atom. The summed E-state index contributed by atoms with van der Waals surface area (Å²) in [4.78, 5) is 15.6. The lowest BCUT2D eigenvalue weighted by atomic mass is 10.2. The number of hydrogen-bond donors (Lipinski definition) is 1. The first kappa shape index (κ1) is 14.5. The number of aromatic nitrogens is 1. The van der Waals surface area contributed by atoms with E-state index in [1.807, 2.05) is 24.3 Å². The van der Waals surface area contributed by atoms with Crippen molar-refractivity contribution >= 4 is 12.1 Å². The third-order valence-electron chi connectivity index (χ3n) is 2.53. The molecule has 1 amide bonds. The van der Waals surface area contributed by atoms with E-state index in [9.17, 15) is 4.79 Å². The normalized spacial score (nSPS) is 10.3. The molecule has 0 aliphatic carbocycles. The topological polar surface area (TPSA) is 63.6 Å². The number of hydrogen-bond acceptors (Lipinski definition) is 4. The molecule has 5 heteroatoms.